The zero-order chi connectivity index (χ0) is 21.9. The maximum Gasteiger partial charge on any atom is 0.417 e. The molecule has 3 rings (SSSR count). The van der Waals surface area contributed by atoms with Gasteiger partial charge in [-0.3, -0.25) is 4.99 Å². The number of halogens is 4. The van der Waals surface area contributed by atoms with Crippen molar-refractivity contribution in [2.24, 2.45) is 4.99 Å². The van der Waals surface area contributed by atoms with Crippen molar-refractivity contribution in [2.45, 2.75) is 38.6 Å². The number of piperazine rings is 1. The fourth-order valence-corrected chi connectivity index (χ4v) is 3.17. The third-order valence-corrected chi connectivity index (χ3v) is 4.56. The van der Waals surface area contributed by atoms with Crippen LogP contribution in [-0.2, 0) is 10.9 Å². The molecule has 1 saturated heterocycles. The van der Waals surface area contributed by atoms with Crippen molar-refractivity contribution in [1.29, 1.82) is 0 Å². The summed E-state index contributed by atoms with van der Waals surface area (Å²) in [4.78, 5) is 24.2. The fourth-order valence-electron chi connectivity index (χ4n) is 3.17. The number of hydrogen-bond acceptors (Lipinski definition) is 7. The quantitative estimate of drug-likeness (QED) is 0.454. The Bertz CT molecular complexity index is 783. The topological polar surface area (TPSA) is 79.3 Å². The number of carbonyl (C=O) groups is 1. The van der Waals surface area contributed by atoms with Crippen LogP contribution in [0, 0.1) is 0 Å². The number of fused-ring (bicyclic) bond motifs is 1. The molecule has 0 spiro atoms. The van der Waals surface area contributed by atoms with Crippen molar-refractivity contribution in [3.8, 4) is 5.88 Å². The molecule has 1 unspecified atom stereocenters. The first-order chi connectivity index (χ1) is 14.0. The van der Waals surface area contributed by atoms with Crippen LogP contribution >= 0.6 is 24.0 Å². The molecular weight excluding hydrogens is 530 g/mol. The standard InChI is InChI=1S/C19H26F3N5O3.HI/c1-18(2,3)30-17(28)26-7-8-27-14(12-26)11-25-16(27)23-6-9-29-15-5-4-13(10-24-15)19(20,21)22;/h4-5,10,14H,6-9,11-12H2,1-3H3,(H,23,25);1H. The van der Waals surface area contributed by atoms with Crippen molar-refractivity contribution < 1.29 is 27.4 Å². The van der Waals surface area contributed by atoms with Crippen LogP contribution in [0.4, 0.5) is 18.0 Å². The number of aromatic nitrogens is 1. The van der Waals surface area contributed by atoms with E-state index in [0.29, 0.717) is 32.7 Å². The molecule has 12 heteroatoms. The summed E-state index contributed by atoms with van der Waals surface area (Å²) in [6.45, 7) is 8.44. The van der Waals surface area contributed by atoms with Gasteiger partial charge in [-0.25, -0.2) is 9.78 Å². The summed E-state index contributed by atoms with van der Waals surface area (Å²) in [5.41, 5.74) is -1.35. The Balaban J connectivity index is 0.00000341. The molecule has 1 aromatic rings. The number of carbonyl (C=O) groups excluding carboxylic acids is 1. The molecule has 1 N–H and O–H groups in total. The summed E-state index contributed by atoms with van der Waals surface area (Å²) in [5, 5.41) is 3.18. The van der Waals surface area contributed by atoms with Crippen molar-refractivity contribution in [1.82, 2.24) is 20.1 Å². The Kier molecular flexibility index (Phi) is 8.22. The van der Waals surface area contributed by atoms with Crippen LogP contribution in [0.1, 0.15) is 26.3 Å². The predicted octanol–water partition coefficient (Wildman–Crippen LogP) is 2.98. The Morgan fingerprint density at radius 1 is 1.26 bits per heavy atom. The van der Waals surface area contributed by atoms with E-state index in [2.05, 4.69) is 20.2 Å². The van der Waals surface area contributed by atoms with Crippen LogP contribution in [0.25, 0.3) is 0 Å². The summed E-state index contributed by atoms with van der Waals surface area (Å²) < 4.78 is 48.4. The van der Waals surface area contributed by atoms with Crippen LogP contribution < -0.4 is 10.1 Å². The number of nitrogens with one attached hydrogen (secondary N) is 1. The minimum atomic E-state index is -4.42. The summed E-state index contributed by atoms with van der Waals surface area (Å²) >= 11 is 0. The molecule has 0 radical (unpaired) electrons. The number of amides is 1. The second-order valence-corrected chi connectivity index (χ2v) is 8.10. The summed E-state index contributed by atoms with van der Waals surface area (Å²) in [6, 6.07) is 2.22. The monoisotopic (exact) mass is 557 g/mol. The number of aliphatic imine (C=N–C) groups is 1. The highest BCUT2D eigenvalue weighted by molar-refractivity contribution is 14.0. The molecule has 0 aliphatic carbocycles. The zero-order valence-corrected chi connectivity index (χ0v) is 19.9. The maximum atomic E-state index is 12.5. The van der Waals surface area contributed by atoms with Crippen molar-refractivity contribution >= 4 is 36.0 Å². The van der Waals surface area contributed by atoms with Crippen LogP contribution in [0.5, 0.6) is 5.88 Å². The number of ether oxygens (including phenoxy) is 2. The van der Waals surface area contributed by atoms with Gasteiger partial charge in [-0.05, 0) is 26.8 Å². The molecule has 1 atom stereocenters. The molecule has 1 amide bonds. The van der Waals surface area contributed by atoms with E-state index >= 15 is 0 Å². The smallest absolute Gasteiger partial charge is 0.417 e. The highest BCUT2D eigenvalue weighted by atomic mass is 127. The van der Waals surface area contributed by atoms with Gasteiger partial charge in [0.25, 0.3) is 0 Å². The Hall–Kier alpha value is -1.99. The van der Waals surface area contributed by atoms with Crippen LogP contribution in [0.15, 0.2) is 23.3 Å². The molecule has 8 nitrogen and oxygen atoms in total. The number of nitrogens with zero attached hydrogens (tertiary/aromatic N) is 4. The number of alkyl halides is 3. The molecule has 2 aliphatic rings. The second-order valence-electron chi connectivity index (χ2n) is 8.10. The Labute approximate surface area is 196 Å². The van der Waals surface area contributed by atoms with E-state index in [1.807, 2.05) is 20.8 Å². The van der Waals surface area contributed by atoms with Gasteiger partial charge in [0.15, 0.2) is 5.96 Å². The lowest BCUT2D eigenvalue weighted by atomic mass is 10.2. The lowest BCUT2D eigenvalue weighted by Gasteiger charge is -2.39. The first-order valence-corrected chi connectivity index (χ1v) is 9.72. The van der Waals surface area contributed by atoms with Crippen LogP contribution in [-0.4, -0.2) is 77.8 Å². The lowest BCUT2D eigenvalue weighted by Crippen LogP contribution is -2.57. The molecule has 1 fully saturated rings. The number of guanidine groups is 1. The van der Waals surface area contributed by atoms with Crippen LogP contribution in [0.3, 0.4) is 0 Å². The largest absolute Gasteiger partial charge is 0.476 e. The van der Waals surface area contributed by atoms with E-state index < -0.39 is 17.3 Å². The molecule has 0 aromatic carbocycles. The number of rotatable bonds is 4. The highest BCUT2D eigenvalue weighted by Gasteiger charge is 2.36. The summed E-state index contributed by atoms with van der Waals surface area (Å²) in [5.74, 6) is 0.856. The SMILES string of the molecule is CC(C)(C)OC(=O)N1CCN2C(NCCOc3ccc(C(F)(F)F)cn3)=NCC2C1.I. The van der Waals surface area contributed by atoms with Gasteiger partial charge in [-0.2, -0.15) is 13.2 Å². The van der Waals surface area contributed by atoms with Gasteiger partial charge < -0.3 is 24.6 Å². The van der Waals surface area contributed by atoms with Gasteiger partial charge in [0, 0.05) is 31.9 Å². The van der Waals surface area contributed by atoms with Crippen LogP contribution in [0.2, 0.25) is 0 Å². The minimum Gasteiger partial charge on any atom is -0.476 e. The summed E-state index contributed by atoms with van der Waals surface area (Å²) in [6.07, 6.45) is -3.99. The van der Waals surface area contributed by atoms with E-state index in [9.17, 15) is 18.0 Å². The molecule has 174 valence electrons. The average molecular weight is 557 g/mol. The third kappa shape index (κ3) is 7.01. The molecule has 1 aromatic heterocycles. The minimum absolute atomic E-state index is 0. The molecule has 0 saturated carbocycles. The van der Waals surface area contributed by atoms with Crippen molar-refractivity contribution in [3.05, 3.63) is 23.9 Å². The number of hydrogen-bond donors (Lipinski definition) is 1. The van der Waals surface area contributed by atoms with E-state index in [-0.39, 0.29) is 48.6 Å². The molecule has 31 heavy (non-hydrogen) atoms. The van der Waals surface area contributed by atoms with E-state index in [4.69, 9.17) is 9.47 Å². The highest BCUT2D eigenvalue weighted by Crippen LogP contribution is 2.29. The van der Waals surface area contributed by atoms with Gasteiger partial charge in [-0.15, -0.1) is 24.0 Å². The molecule has 3 heterocycles. The first kappa shape index (κ1) is 25.3. The van der Waals surface area contributed by atoms with Gasteiger partial charge in [-0.1, -0.05) is 0 Å². The molecular formula is C19H27F3IN5O3. The fraction of sp³-hybridized carbons (Fsp3) is 0.632. The number of pyridine rings is 1. The first-order valence-electron chi connectivity index (χ1n) is 9.72. The molecule has 0 bridgehead atoms. The predicted molar refractivity (Wildman–Crippen MR) is 119 cm³/mol. The Morgan fingerprint density at radius 2 is 2.00 bits per heavy atom. The summed E-state index contributed by atoms with van der Waals surface area (Å²) in [7, 11) is 0. The molecule has 2 aliphatic heterocycles. The zero-order valence-electron chi connectivity index (χ0n) is 17.6. The van der Waals surface area contributed by atoms with Crippen molar-refractivity contribution in [3.63, 3.8) is 0 Å². The van der Waals surface area contributed by atoms with E-state index in [0.717, 1.165) is 18.2 Å². The van der Waals surface area contributed by atoms with E-state index in [1.165, 1.54) is 6.07 Å². The third-order valence-electron chi connectivity index (χ3n) is 4.56. The van der Waals surface area contributed by atoms with Gasteiger partial charge >= 0.3 is 12.3 Å². The normalized spacial score (nSPS) is 18.6. The second kappa shape index (κ2) is 10.1. The lowest BCUT2D eigenvalue weighted by molar-refractivity contribution is -0.137. The van der Waals surface area contributed by atoms with Gasteiger partial charge in [0.2, 0.25) is 5.88 Å². The maximum absolute atomic E-state index is 12.5. The van der Waals surface area contributed by atoms with Crippen molar-refractivity contribution in [2.75, 3.05) is 39.3 Å². The average Bonchev–Trinajstić information content (AvgIpc) is 3.06. The Morgan fingerprint density at radius 3 is 2.61 bits per heavy atom. The van der Waals surface area contributed by atoms with E-state index in [1.54, 1.807) is 4.90 Å². The van der Waals surface area contributed by atoms with Gasteiger partial charge in [0.1, 0.15) is 12.2 Å². The van der Waals surface area contributed by atoms with Gasteiger partial charge in [0.05, 0.1) is 24.7 Å².